The third-order valence-corrected chi connectivity index (χ3v) is 6.54. The van der Waals surface area contributed by atoms with E-state index in [-0.39, 0.29) is 16.9 Å². The fraction of sp³-hybridized carbons (Fsp3) is 0.538. The zero-order chi connectivity index (χ0) is 23.3. The number of hydrogen-bond donors (Lipinski definition) is 0. The van der Waals surface area contributed by atoms with Crippen LogP contribution in [-0.4, -0.2) is 6.11 Å². The molecule has 1 fully saturated rings. The van der Waals surface area contributed by atoms with Gasteiger partial charge in [-0.05, 0) is 79.7 Å². The summed E-state index contributed by atoms with van der Waals surface area (Å²) < 4.78 is 73.9. The Morgan fingerprint density at radius 2 is 1.66 bits per heavy atom. The molecule has 2 aromatic rings. The van der Waals surface area contributed by atoms with Crippen LogP contribution in [0.4, 0.5) is 22.0 Å². The average Bonchev–Trinajstić information content (AvgIpc) is 2.74. The molecule has 0 radical (unpaired) electrons. The molecule has 0 saturated heterocycles. The van der Waals surface area contributed by atoms with Crippen LogP contribution in [0.2, 0.25) is 0 Å². The highest BCUT2D eigenvalue weighted by molar-refractivity contribution is 5.34. The SMILES string of the molecule is CCCC1CCC(c2ccc(OC(F)(F)CCc3ccc(C)c(C(F)F)c3F)cc2)CC1. The van der Waals surface area contributed by atoms with Gasteiger partial charge in [-0.15, -0.1) is 0 Å². The van der Waals surface area contributed by atoms with Crippen molar-refractivity contribution >= 4 is 0 Å². The second-order valence-electron chi connectivity index (χ2n) is 8.88. The fourth-order valence-corrected chi connectivity index (χ4v) is 4.70. The van der Waals surface area contributed by atoms with Crippen LogP contribution in [0.1, 0.15) is 86.5 Å². The minimum absolute atomic E-state index is 0.0380. The summed E-state index contributed by atoms with van der Waals surface area (Å²) in [6.07, 6.45) is -0.627. The molecule has 1 nitrogen and oxygen atoms in total. The lowest BCUT2D eigenvalue weighted by molar-refractivity contribution is -0.180. The van der Waals surface area contributed by atoms with Crippen molar-refractivity contribution in [3.63, 3.8) is 0 Å². The number of aryl methyl sites for hydroxylation is 2. The standard InChI is InChI=1S/C26H31F5O/c1-3-4-18-6-9-19(10-7-18)20-11-13-22(14-12-20)32-26(30,31)16-15-21-8-5-17(2)23(24(21)27)25(28)29/h5,8,11-14,18-19,25H,3-4,6-7,9-10,15-16H2,1-2H3. The van der Waals surface area contributed by atoms with Crippen LogP contribution >= 0.6 is 0 Å². The van der Waals surface area contributed by atoms with Gasteiger partial charge in [0.1, 0.15) is 11.6 Å². The summed E-state index contributed by atoms with van der Waals surface area (Å²) in [4.78, 5) is 0. The van der Waals surface area contributed by atoms with Gasteiger partial charge in [0, 0.05) is 0 Å². The van der Waals surface area contributed by atoms with E-state index in [4.69, 9.17) is 4.74 Å². The largest absolute Gasteiger partial charge is 0.433 e. The van der Waals surface area contributed by atoms with Gasteiger partial charge < -0.3 is 4.74 Å². The van der Waals surface area contributed by atoms with Gasteiger partial charge in [-0.2, -0.15) is 8.78 Å². The van der Waals surface area contributed by atoms with E-state index in [0.717, 1.165) is 24.3 Å². The topological polar surface area (TPSA) is 9.23 Å². The fourth-order valence-electron chi connectivity index (χ4n) is 4.70. The summed E-state index contributed by atoms with van der Waals surface area (Å²) in [5.74, 6) is 0.170. The Balaban J connectivity index is 1.57. The molecule has 0 N–H and O–H groups in total. The van der Waals surface area contributed by atoms with Gasteiger partial charge in [0.05, 0.1) is 12.0 Å². The monoisotopic (exact) mass is 454 g/mol. The first kappa shape index (κ1) is 24.5. The van der Waals surface area contributed by atoms with Crippen molar-refractivity contribution in [3.05, 3.63) is 64.5 Å². The van der Waals surface area contributed by atoms with Gasteiger partial charge in [-0.3, -0.25) is 0 Å². The lowest BCUT2D eigenvalue weighted by Gasteiger charge is -2.28. The van der Waals surface area contributed by atoms with E-state index in [9.17, 15) is 22.0 Å². The van der Waals surface area contributed by atoms with Crippen LogP contribution in [0.5, 0.6) is 5.75 Å². The van der Waals surface area contributed by atoms with E-state index in [1.54, 1.807) is 12.1 Å². The van der Waals surface area contributed by atoms with Gasteiger partial charge in [-0.25, -0.2) is 13.2 Å². The predicted molar refractivity (Wildman–Crippen MR) is 116 cm³/mol. The molecule has 0 aromatic heterocycles. The summed E-state index contributed by atoms with van der Waals surface area (Å²) in [6, 6.07) is 9.37. The molecule has 0 heterocycles. The summed E-state index contributed by atoms with van der Waals surface area (Å²) in [5, 5.41) is 0. The third kappa shape index (κ3) is 6.23. The van der Waals surface area contributed by atoms with E-state index in [2.05, 4.69) is 6.92 Å². The zero-order valence-corrected chi connectivity index (χ0v) is 18.7. The van der Waals surface area contributed by atoms with Gasteiger partial charge in [0.2, 0.25) is 0 Å². The highest BCUT2D eigenvalue weighted by atomic mass is 19.3. The van der Waals surface area contributed by atoms with Crippen LogP contribution in [0.3, 0.4) is 0 Å². The Morgan fingerprint density at radius 3 is 2.25 bits per heavy atom. The molecule has 1 aliphatic rings. The molecule has 0 atom stereocenters. The minimum Gasteiger partial charge on any atom is -0.433 e. The lowest BCUT2D eigenvalue weighted by atomic mass is 9.77. The zero-order valence-electron chi connectivity index (χ0n) is 18.7. The van der Waals surface area contributed by atoms with Crippen molar-refractivity contribution in [2.45, 2.75) is 83.7 Å². The van der Waals surface area contributed by atoms with E-state index < -0.39 is 36.8 Å². The van der Waals surface area contributed by atoms with Crippen molar-refractivity contribution in [1.82, 2.24) is 0 Å². The molecule has 6 heteroatoms. The molecule has 1 saturated carbocycles. The third-order valence-electron chi connectivity index (χ3n) is 6.54. The minimum atomic E-state index is -3.54. The van der Waals surface area contributed by atoms with Crippen molar-refractivity contribution < 1.29 is 26.7 Å². The van der Waals surface area contributed by atoms with Crippen LogP contribution < -0.4 is 4.74 Å². The average molecular weight is 455 g/mol. The number of benzene rings is 2. The first-order valence-electron chi connectivity index (χ1n) is 11.4. The van der Waals surface area contributed by atoms with Crippen LogP contribution in [0, 0.1) is 18.7 Å². The van der Waals surface area contributed by atoms with Crippen molar-refractivity contribution in [2.24, 2.45) is 5.92 Å². The number of hydrogen-bond acceptors (Lipinski definition) is 1. The number of rotatable bonds is 9. The van der Waals surface area contributed by atoms with E-state index in [1.165, 1.54) is 44.7 Å². The lowest BCUT2D eigenvalue weighted by Crippen LogP contribution is -2.25. The van der Waals surface area contributed by atoms with E-state index in [1.807, 2.05) is 12.1 Å². The summed E-state index contributed by atoms with van der Waals surface area (Å²) in [6.45, 7) is 3.57. The molecule has 0 bridgehead atoms. The van der Waals surface area contributed by atoms with E-state index >= 15 is 0 Å². The number of alkyl halides is 4. The molecule has 3 rings (SSSR count). The first-order chi connectivity index (χ1) is 15.2. The molecule has 2 aromatic carbocycles. The van der Waals surface area contributed by atoms with E-state index in [0.29, 0.717) is 5.92 Å². The summed E-state index contributed by atoms with van der Waals surface area (Å²) in [7, 11) is 0. The molecule has 0 aliphatic heterocycles. The molecule has 176 valence electrons. The molecular formula is C26H31F5O. The Morgan fingerprint density at radius 1 is 1.00 bits per heavy atom. The second kappa shape index (κ2) is 10.7. The van der Waals surface area contributed by atoms with Gasteiger partial charge in [0.15, 0.2) is 0 Å². The van der Waals surface area contributed by atoms with Gasteiger partial charge in [-0.1, -0.05) is 44.0 Å². The Labute approximate surface area is 187 Å². The smallest absolute Gasteiger partial charge is 0.398 e. The Kier molecular flexibility index (Phi) is 8.18. The molecule has 0 spiro atoms. The van der Waals surface area contributed by atoms with Crippen molar-refractivity contribution in [1.29, 1.82) is 0 Å². The Bertz CT molecular complexity index is 871. The van der Waals surface area contributed by atoms with Gasteiger partial charge in [0.25, 0.3) is 6.43 Å². The second-order valence-corrected chi connectivity index (χ2v) is 8.88. The quantitative estimate of drug-likeness (QED) is 0.344. The highest BCUT2D eigenvalue weighted by Crippen LogP contribution is 2.38. The maximum Gasteiger partial charge on any atom is 0.398 e. The van der Waals surface area contributed by atoms with Crippen LogP contribution in [0.15, 0.2) is 36.4 Å². The van der Waals surface area contributed by atoms with Crippen LogP contribution in [0.25, 0.3) is 0 Å². The van der Waals surface area contributed by atoms with Crippen LogP contribution in [-0.2, 0) is 6.42 Å². The maximum absolute atomic E-state index is 14.3. The summed E-state index contributed by atoms with van der Waals surface area (Å²) >= 11 is 0. The molecule has 0 unspecified atom stereocenters. The summed E-state index contributed by atoms with van der Waals surface area (Å²) in [5.41, 5.74) is 0.342. The molecular weight excluding hydrogens is 423 g/mol. The normalized spacial score (nSPS) is 19.4. The van der Waals surface area contributed by atoms with Crippen molar-refractivity contribution in [2.75, 3.05) is 0 Å². The Hall–Kier alpha value is -2.11. The maximum atomic E-state index is 14.3. The van der Waals surface area contributed by atoms with Crippen molar-refractivity contribution in [3.8, 4) is 5.75 Å². The first-order valence-corrected chi connectivity index (χ1v) is 11.4. The van der Waals surface area contributed by atoms with Gasteiger partial charge >= 0.3 is 6.11 Å². The highest BCUT2D eigenvalue weighted by Gasteiger charge is 2.32. The number of halogens is 5. The molecule has 32 heavy (non-hydrogen) atoms. The molecule has 1 aliphatic carbocycles. The number of ether oxygens (including phenoxy) is 1. The molecule has 0 amide bonds. The predicted octanol–water partition coefficient (Wildman–Crippen LogP) is 8.75.